The summed E-state index contributed by atoms with van der Waals surface area (Å²) in [6.45, 7) is 5.09. The van der Waals surface area contributed by atoms with Crippen LogP contribution < -0.4 is 4.90 Å². The van der Waals surface area contributed by atoms with Gasteiger partial charge >= 0.3 is 0 Å². The second-order valence-corrected chi connectivity index (χ2v) is 19.4. The van der Waals surface area contributed by atoms with E-state index in [9.17, 15) is 0 Å². The van der Waals surface area contributed by atoms with Crippen LogP contribution in [0.25, 0.3) is 44.5 Å². The molecule has 296 valence electrons. The minimum Gasteiger partial charge on any atom is -0.310 e. The fourth-order valence-electron chi connectivity index (χ4n) is 14.0. The molecule has 7 aromatic carbocycles. The van der Waals surface area contributed by atoms with E-state index in [0.29, 0.717) is 11.8 Å². The Morgan fingerprint density at radius 3 is 1.92 bits per heavy atom. The maximum atomic E-state index is 2.58. The average molecular weight is 778 g/mol. The molecule has 0 saturated heterocycles. The molecule has 1 nitrogen and oxygen atoms in total. The van der Waals surface area contributed by atoms with E-state index >= 15 is 0 Å². The lowest BCUT2D eigenvalue weighted by Crippen LogP contribution is -2.49. The maximum absolute atomic E-state index is 2.58. The third-order valence-electron chi connectivity index (χ3n) is 16.2. The molecule has 2 spiro atoms. The minimum atomic E-state index is 0.0998. The Kier molecular flexibility index (Phi) is 8.42. The molecule has 3 fully saturated rings. The zero-order chi connectivity index (χ0) is 40.0. The maximum Gasteiger partial charge on any atom is 0.0540 e. The lowest BCUT2D eigenvalue weighted by atomic mass is 9.49. The number of nitrogens with zero attached hydrogens (tertiary/aromatic N) is 1. The first-order valence-electron chi connectivity index (χ1n) is 23.1. The Bertz CT molecular complexity index is 2770. The van der Waals surface area contributed by atoms with Gasteiger partial charge in [0.1, 0.15) is 0 Å². The van der Waals surface area contributed by atoms with E-state index in [1.807, 2.05) is 0 Å². The van der Waals surface area contributed by atoms with Gasteiger partial charge in [-0.15, -0.1) is 0 Å². The van der Waals surface area contributed by atoms with Gasteiger partial charge in [-0.3, -0.25) is 0 Å². The van der Waals surface area contributed by atoms with Crippen LogP contribution in [0.3, 0.4) is 0 Å². The summed E-state index contributed by atoms with van der Waals surface area (Å²) >= 11 is 0. The summed E-state index contributed by atoms with van der Waals surface area (Å²) in [5, 5.41) is 0. The molecular formula is C59H55N. The predicted molar refractivity (Wildman–Crippen MR) is 251 cm³/mol. The number of fused-ring (bicyclic) bond motifs is 13. The second kappa shape index (κ2) is 14.0. The van der Waals surface area contributed by atoms with Crippen molar-refractivity contribution in [3.05, 3.63) is 186 Å². The van der Waals surface area contributed by atoms with Gasteiger partial charge in [-0.1, -0.05) is 154 Å². The van der Waals surface area contributed by atoms with E-state index in [2.05, 4.69) is 183 Å². The first-order chi connectivity index (χ1) is 29.5. The smallest absolute Gasteiger partial charge is 0.0540 e. The molecule has 1 heteroatoms. The van der Waals surface area contributed by atoms with Gasteiger partial charge in [0, 0.05) is 27.8 Å². The van der Waals surface area contributed by atoms with Gasteiger partial charge in [0.15, 0.2) is 0 Å². The van der Waals surface area contributed by atoms with Gasteiger partial charge in [0.05, 0.1) is 5.69 Å². The quantitative estimate of drug-likeness (QED) is 0.168. The molecule has 1 unspecified atom stereocenters. The molecule has 5 aliphatic carbocycles. The van der Waals surface area contributed by atoms with Crippen LogP contribution in [0, 0.1) is 23.7 Å². The van der Waals surface area contributed by atoms with Crippen LogP contribution in [0.15, 0.2) is 164 Å². The zero-order valence-electron chi connectivity index (χ0n) is 35.2. The molecule has 0 radical (unpaired) electrons. The SMILES string of the molecule is C[C@@H]1CC2C[C@@H](C1)[C@@]1(c3ccccc3-c3cc(-c4ccccc4N(c4ccccc4)c4cccc(-c5ccc6c(c5)C5(CCCCC5)c5ccccc5-6)c4)ccc31)[C@@H](C)C2. The predicted octanol–water partition coefficient (Wildman–Crippen LogP) is 16.1. The van der Waals surface area contributed by atoms with Crippen molar-refractivity contribution >= 4 is 17.1 Å². The first kappa shape index (κ1) is 36.2. The summed E-state index contributed by atoms with van der Waals surface area (Å²) in [6.07, 6.45) is 11.9. The molecule has 5 atom stereocenters. The second-order valence-electron chi connectivity index (χ2n) is 19.4. The van der Waals surface area contributed by atoms with Crippen LogP contribution >= 0.6 is 0 Å². The van der Waals surface area contributed by atoms with Crippen LogP contribution in [0.2, 0.25) is 0 Å². The van der Waals surface area contributed by atoms with Gasteiger partial charge in [-0.05, 0) is 166 Å². The lowest BCUT2D eigenvalue weighted by molar-refractivity contribution is 0.0426. The summed E-state index contributed by atoms with van der Waals surface area (Å²) in [4.78, 5) is 2.49. The van der Waals surface area contributed by atoms with Crippen molar-refractivity contribution in [3.8, 4) is 44.5 Å². The van der Waals surface area contributed by atoms with Crippen molar-refractivity contribution in [2.45, 2.75) is 82.5 Å². The van der Waals surface area contributed by atoms with E-state index in [-0.39, 0.29) is 10.8 Å². The highest BCUT2D eigenvalue weighted by Crippen LogP contribution is 2.65. The monoisotopic (exact) mass is 777 g/mol. The molecule has 12 rings (SSSR count). The number of rotatable bonds is 5. The Morgan fingerprint density at radius 2 is 1.08 bits per heavy atom. The Balaban J connectivity index is 0.975. The molecule has 0 N–H and O–H groups in total. The summed E-state index contributed by atoms with van der Waals surface area (Å²) in [7, 11) is 0. The minimum absolute atomic E-state index is 0.0998. The van der Waals surface area contributed by atoms with E-state index in [1.54, 1.807) is 16.7 Å². The topological polar surface area (TPSA) is 3.24 Å². The molecule has 2 bridgehead atoms. The summed E-state index contributed by atoms with van der Waals surface area (Å²) in [5.41, 5.74) is 20.9. The van der Waals surface area contributed by atoms with Gasteiger partial charge in [0.2, 0.25) is 0 Å². The summed E-state index contributed by atoms with van der Waals surface area (Å²) in [5.74, 6) is 3.00. The first-order valence-corrected chi connectivity index (χ1v) is 23.1. The fraction of sp³-hybridized carbons (Fsp3) is 0.288. The summed E-state index contributed by atoms with van der Waals surface area (Å²) < 4.78 is 0. The van der Waals surface area contributed by atoms with Crippen LogP contribution in [0.1, 0.15) is 93.9 Å². The third-order valence-corrected chi connectivity index (χ3v) is 16.2. The van der Waals surface area contributed by atoms with E-state index in [4.69, 9.17) is 0 Å². The van der Waals surface area contributed by atoms with E-state index in [0.717, 1.165) is 17.5 Å². The standard InChI is InChI=1S/C59H55N/c1-39-32-41-34-40(2)59(45(33-39)35-41)54-24-11-8-22-50(54)52-37-44(27-29-55(52)59)48-20-9-12-25-57(48)60(46-17-5-3-6-18-46)47-19-15-16-42(36-47)43-26-28-51-49-21-7-10-23-53(49)58(56(51)38-43)30-13-4-14-31-58/h3,5-12,15-29,36-41,45H,4,13-14,30-35H2,1-2H3/t39-,40+,41?,45-,59-/m1/s1. The van der Waals surface area contributed by atoms with Gasteiger partial charge in [0.25, 0.3) is 0 Å². The van der Waals surface area contributed by atoms with E-state index in [1.165, 1.54) is 119 Å². The molecule has 0 amide bonds. The third kappa shape index (κ3) is 5.30. The highest BCUT2D eigenvalue weighted by molar-refractivity contribution is 5.92. The van der Waals surface area contributed by atoms with Crippen molar-refractivity contribution < 1.29 is 0 Å². The van der Waals surface area contributed by atoms with Crippen LogP contribution in [0.4, 0.5) is 17.1 Å². The molecule has 3 saturated carbocycles. The Hall–Kier alpha value is -5.66. The Labute approximate surface area is 357 Å². The fourth-order valence-corrected chi connectivity index (χ4v) is 14.0. The van der Waals surface area contributed by atoms with Gasteiger partial charge in [-0.2, -0.15) is 0 Å². The van der Waals surface area contributed by atoms with Crippen molar-refractivity contribution in [3.63, 3.8) is 0 Å². The van der Waals surface area contributed by atoms with Crippen LogP contribution in [-0.2, 0) is 10.8 Å². The van der Waals surface area contributed by atoms with Gasteiger partial charge < -0.3 is 4.90 Å². The van der Waals surface area contributed by atoms with Crippen molar-refractivity contribution in [2.24, 2.45) is 23.7 Å². The normalized spacial score (nSPS) is 24.1. The Morgan fingerprint density at radius 1 is 0.433 bits per heavy atom. The highest BCUT2D eigenvalue weighted by atomic mass is 15.1. The number of benzene rings is 7. The number of anilines is 3. The van der Waals surface area contributed by atoms with Gasteiger partial charge in [-0.25, -0.2) is 0 Å². The van der Waals surface area contributed by atoms with Crippen molar-refractivity contribution in [1.82, 2.24) is 0 Å². The molecule has 0 heterocycles. The highest BCUT2D eigenvalue weighted by Gasteiger charge is 2.56. The molecule has 60 heavy (non-hydrogen) atoms. The van der Waals surface area contributed by atoms with Crippen molar-refractivity contribution in [2.75, 3.05) is 4.90 Å². The van der Waals surface area contributed by atoms with Crippen LogP contribution in [0.5, 0.6) is 0 Å². The number of hydrogen-bond donors (Lipinski definition) is 0. The molecule has 0 aromatic heterocycles. The van der Waals surface area contributed by atoms with Crippen molar-refractivity contribution in [1.29, 1.82) is 0 Å². The molecule has 5 aliphatic rings. The number of hydrogen-bond acceptors (Lipinski definition) is 1. The summed E-state index contributed by atoms with van der Waals surface area (Å²) in [6, 6.07) is 63.0. The zero-order valence-corrected chi connectivity index (χ0v) is 35.2. The molecular weight excluding hydrogens is 723 g/mol. The van der Waals surface area contributed by atoms with E-state index < -0.39 is 0 Å². The molecule has 0 aliphatic heterocycles. The molecule has 7 aromatic rings. The number of para-hydroxylation sites is 2. The van der Waals surface area contributed by atoms with Crippen LogP contribution in [-0.4, -0.2) is 0 Å². The lowest BCUT2D eigenvalue weighted by Gasteiger charge is -2.54. The largest absolute Gasteiger partial charge is 0.310 e. The average Bonchev–Trinajstić information content (AvgIpc) is 3.73.